The quantitative estimate of drug-likeness (QED) is 0.655. The van der Waals surface area contributed by atoms with Crippen LogP contribution in [-0.2, 0) is 12.8 Å². The van der Waals surface area contributed by atoms with Crippen LogP contribution in [0.15, 0.2) is 36.4 Å². The van der Waals surface area contributed by atoms with Gasteiger partial charge in [-0.25, -0.2) is 4.39 Å². The van der Waals surface area contributed by atoms with Gasteiger partial charge in [-0.2, -0.15) is 0 Å². The Morgan fingerprint density at radius 1 is 1.05 bits per heavy atom. The first-order valence-electron chi connectivity index (χ1n) is 7.03. The van der Waals surface area contributed by atoms with E-state index in [0.717, 1.165) is 24.0 Å². The predicted octanol–water partition coefficient (Wildman–Crippen LogP) is 5.29. The van der Waals surface area contributed by atoms with Crippen molar-refractivity contribution in [3.63, 3.8) is 0 Å². The number of aryl methyl sites for hydroxylation is 2. The van der Waals surface area contributed by atoms with Crippen molar-refractivity contribution in [3.05, 3.63) is 70.0 Å². The lowest BCUT2D eigenvalue weighted by Gasteiger charge is -2.19. The van der Waals surface area contributed by atoms with Crippen LogP contribution >= 0.6 is 15.9 Å². The zero-order valence-electron chi connectivity index (χ0n) is 11.8. The Hall–Kier alpha value is -1.15. The Balaban J connectivity index is 1.86. The van der Waals surface area contributed by atoms with Crippen LogP contribution in [0, 0.1) is 25.6 Å². The van der Waals surface area contributed by atoms with Gasteiger partial charge in [0.15, 0.2) is 0 Å². The summed E-state index contributed by atoms with van der Waals surface area (Å²) >= 11 is 3.84. The maximum Gasteiger partial charge on any atom is 0.129 e. The Kier molecular flexibility index (Phi) is 3.68. The Bertz CT molecular complexity index is 600. The van der Waals surface area contributed by atoms with E-state index in [2.05, 4.69) is 40.2 Å². The topological polar surface area (TPSA) is 0 Å². The van der Waals surface area contributed by atoms with Crippen molar-refractivity contribution in [1.29, 1.82) is 0 Å². The number of hydrogen-bond acceptors (Lipinski definition) is 0. The van der Waals surface area contributed by atoms with Gasteiger partial charge in [-0.3, -0.25) is 0 Å². The largest absolute Gasteiger partial charge is 0.206 e. The molecule has 0 saturated heterocycles. The summed E-state index contributed by atoms with van der Waals surface area (Å²) in [6, 6.07) is 12.6. The number of rotatable bonds is 2. The molecule has 104 valence electrons. The van der Waals surface area contributed by atoms with E-state index in [1.807, 2.05) is 26.0 Å². The molecular formula is C18H18BrF. The van der Waals surface area contributed by atoms with Crippen LogP contribution in [0.3, 0.4) is 0 Å². The van der Waals surface area contributed by atoms with Crippen LogP contribution in [0.5, 0.6) is 0 Å². The van der Waals surface area contributed by atoms with E-state index in [1.54, 1.807) is 0 Å². The summed E-state index contributed by atoms with van der Waals surface area (Å²) in [4.78, 5) is 0.285. The smallest absolute Gasteiger partial charge is 0.129 e. The highest BCUT2D eigenvalue weighted by molar-refractivity contribution is 9.09. The van der Waals surface area contributed by atoms with Gasteiger partial charge >= 0.3 is 0 Å². The maximum absolute atomic E-state index is 13.8. The first kappa shape index (κ1) is 13.8. The fourth-order valence-electron chi connectivity index (χ4n) is 3.21. The van der Waals surface area contributed by atoms with Gasteiger partial charge in [0, 0.05) is 4.83 Å². The third-order valence-electron chi connectivity index (χ3n) is 4.27. The Morgan fingerprint density at radius 2 is 1.55 bits per heavy atom. The van der Waals surface area contributed by atoms with Crippen molar-refractivity contribution in [2.24, 2.45) is 5.92 Å². The summed E-state index contributed by atoms with van der Waals surface area (Å²) in [5.41, 5.74) is 5.58. The van der Waals surface area contributed by atoms with Gasteiger partial charge in [-0.05, 0) is 60.4 Å². The number of fused-ring (bicyclic) bond motifs is 1. The fraction of sp³-hybridized carbons (Fsp3) is 0.333. The molecule has 2 aromatic carbocycles. The molecule has 2 aromatic rings. The van der Waals surface area contributed by atoms with E-state index >= 15 is 0 Å². The molecule has 0 bridgehead atoms. The van der Waals surface area contributed by atoms with Crippen LogP contribution in [0.4, 0.5) is 4.39 Å². The molecule has 1 aliphatic rings. The van der Waals surface area contributed by atoms with E-state index in [1.165, 1.54) is 16.7 Å². The maximum atomic E-state index is 13.8. The van der Waals surface area contributed by atoms with E-state index in [4.69, 9.17) is 0 Å². The Morgan fingerprint density at radius 3 is 2.05 bits per heavy atom. The first-order chi connectivity index (χ1) is 9.56. The highest BCUT2D eigenvalue weighted by Crippen LogP contribution is 2.41. The molecule has 0 N–H and O–H groups in total. The van der Waals surface area contributed by atoms with Gasteiger partial charge in [0.1, 0.15) is 5.82 Å². The second-order valence-electron chi connectivity index (χ2n) is 5.81. The molecule has 20 heavy (non-hydrogen) atoms. The molecule has 2 heteroatoms. The zero-order chi connectivity index (χ0) is 14.3. The van der Waals surface area contributed by atoms with Crippen LogP contribution in [0.1, 0.15) is 32.6 Å². The normalized spacial score (nSPS) is 16.2. The van der Waals surface area contributed by atoms with Crippen molar-refractivity contribution in [2.45, 2.75) is 31.5 Å². The molecule has 0 amide bonds. The molecule has 1 aliphatic carbocycles. The lowest BCUT2D eigenvalue weighted by atomic mass is 9.94. The van der Waals surface area contributed by atoms with E-state index in [9.17, 15) is 4.39 Å². The van der Waals surface area contributed by atoms with Crippen LogP contribution < -0.4 is 0 Å². The summed E-state index contributed by atoms with van der Waals surface area (Å²) in [6.45, 7) is 3.68. The molecule has 0 saturated carbocycles. The minimum atomic E-state index is -0.0804. The summed E-state index contributed by atoms with van der Waals surface area (Å²) in [7, 11) is 0. The van der Waals surface area contributed by atoms with Crippen LogP contribution in [-0.4, -0.2) is 0 Å². The molecule has 0 fully saturated rings. The summed E-state index contributed by atoms with van der Waals surface area (Å²) in [6.07, 6.45) is 2.20. The molecule has 0 aliphatic heterocycles. The van der Waals surface area contributed by atoms with Crippen molar-refractivity contribution in [2.75, 3.05) is 0 Å². The average Bonchev–Trinajstić information content (AvgIpc) is 2.87. The molecule has 0 radical (unpaired) electrons. The highest BCUT2D eigenvalue weighted by atomic mass is 79.9. The van der Waals surface area contributed by atoms with Crippen molar-refractivity contribution in [3.8, 4) is 0 Å². The molecule has 0 nitrogen and oxygen atoms in total. The first-order valence-corrected chi connectivity index (χ1v) is 7.95. The van der Waals surface area contributed by atoms with Gasteiger partial charge in [0.25, 0.3) is 0 Å². The minimum absolute atomic E-state index is 0.0804. The number of alkyl halides is 1. The van der Waals surface area contributed by atoms with Crippen LogP contribution in [0.2, 0.25) is 0 Å². The fourth-order valence-corrected chi connectivity index (χ4v) is 3.85. The summed E-state index contributed by atoms with van der Waals surface area (Å²) < 4.78 is 13.8. The van der Waals surface area contributed by atoms with Crippen molar-refractivity contribution < 1.29 is 4.39 Å². The van der Waals surface area contributed by atoms with E-state index in [0.29, 0.717) is 5.92 Å². The molecule has 1 atom stereocenters. The Labute approximate surface area is 128 Å². The molecule has 3 rings (SSSR count). The van der Waals surface area contributed by atoms with Gasteiger partial charge in [0.2, 0.25) is 0 Å². The van der Waals surface area contributed by atoms with Gasteiger partial charge in [0.05, 0.1) is 0 Å². The van der Waals surface area contributed by atoms with Gasteiger partial charge in [-0.1, -0.05) is 52.3 Å². The molecular weight excluding hydrogens is 315 g/mol. The monoisotopic (exact) mass is 332 g/mol. The molecule has 0 spiro atoms. The average molecular weight is 333 g/mol. The number of hydrogen-bond donors (Lipinski definition) is 0. The molecule has 0 heterocycles. The number of halogens is 2. The molecule has 0 aromatic heterocycles. The minimum Gasteiger partial charge on any atom is -0.206 e. The predicted molar refractivity (Wildman–Crippen MR) is 84.9 cm³/mol. The summed E-state index contributed by atoms with van der Waals surface area (Å²) in [5, 5.41) is 0. The second kappa shape index (κ2) is 5.33. The second-order valence-corrected chi connectivity index (χ2v) is 6.79. The SMILES string of the molecule is Cc1cc(C(Br)C2Cc3ccccc3C2)cc(C)c1F. The molecule has 1 unspecified atom stereocenters. The van der Waals surface area contributed by atoms with Crippen molar-refractivity contribution in [1.82, 2.24) is 0 Å². The lowest BCUT2D eigenvalue weighted by Crippen LogP contribution is -2.08. The van der Waals surface area contributed by atoms with Gasteiger partial charge < -0.3 is 0 Å². The zero-order valence-corrected chi connectivity index (χ0v) is 13.4. The van der Waals surface area contributed by atoms with E-state index < -0.39 is 0 Å². The van der Waals surface area contributed by atoms with Crippen molar-refractivity contribution >= 4 is 15.9 Å². The standard InChI is InChI=1S/C18H18BrF/c1-11-7-15(8-12(2)18(11)20)17(19)16-9-13-5-3-4-6-14(13)10-16/h3-8,16-17H,9-10H2,1-2H3. The van der Waals surface area contributed by atoms with Gasteiger partial charge in [-0.15, -0.1) is 0 Å². The third-order valence-corrected chi connectivity index (χ3v) is 5.55. The summed E-state index contributed by atoms with van der Waals surface area (Å²) in [5.74, 6) is 0.472. The third kappa shape index (κ3) is 2.42. The van der Waals surface area contributed by atoms with E-state index in [-0.39, 0.29) is 10.6 Å². The van der Waals surface area contributed by atoms with Crippen LogP contribution in [0.25, 0.3) is 0 Å². The highest BCUT2D eigenvalue weighted by Gasteiger charge is 2.28. The lowest BCUT2D eigenvalue weighted by molar-refractivity contribution is 0.551. The number of benzene rings is 2.